The molecule has 0 amide bonds. The molecule has 0 unspecified atom stereocenters. The highest BCUT2D eigenvalue weighted by Gasteiger charge is 2.21. The minimum Gasteiger partial charge on any atom is -0.368 e. The van der Waals surface area contributed by atoms with E-state index in [1.54, 1.807) is 0 Å². The van der Waals surface area contributed by atoms with E-state index < -0.39 is 0 Å². The van der Waals surface area contributed by atoms with Crippen LogP contribution < -0.4 is 9.80 Å². The number of benzene rings is 2. The Morgan fingerprint density at radius 2 is 1.31 bits per heavy atom. The fraction of sp³-hybridized carbons (Fsp3) is 0.208. The zero-order valence-corrected chi connectivity index (χ0v) is 16.3. The van der Waals surface area contributed by atoms with Crippen LogP contribution in [0.1, 0.15) is 11.3 Å². The summed E-state index contributed by atoms with van der Waals surface area (Å²) in [5.74, 6) is 0.992. The lowest BCUT2D eigenvalue weighted by atomic mass is 10.0. The first-order chi connectivity index (χ1) is 14.4. The molecule has 0 aliphatic carbocycles. The topological polar surface area (TPSA) is 45.2 Å². The van der Waals surface area contributed by atoms with Gasteiger partial charge in [-0.3, -0.25) is 4.98 Å². The summed E-state index contributed by atoms with van der Waals surface area (Å²) < 4.78 is 0. The minimum atomic E-state index is 0.796. The van der Waals surface area contributed by atoms with Crippen molar-refractivity contribution in [2.45, 2.75) is 6.42 Å². The van der Waals surface area contributed by atoms with Crippen molar-refractivity contribution in [3.05, 3.63) is 90.4 Å². The Balaban J connectivity index is 1.41. The molecule has 0 N–H and O–H groups in total. The Morgan fingerprint density at radius 3 is 2.07 bits per heavy atom. The van der Waals surface area contributed by atoms with Crippen molar-refractivity contribution >= 4 is 22.3 Å². The fourth-order valence-electron chi connectivity index (χ4n) is 4.03. The van der Waals surface area contributed by atoms with Gasteiger partial charge in [-0.15, -0.1) is 5.10 Å². The van der Waals surface area contributed by atoms with E-state index >= 15 is 0 Å². The number of hydrogen-bond donors (Lipinski definition) is 0. The third-order valence-corrected chi connectivity index (χ3v) is 5.57. The van der Waals surface area contributed by atoms with E-state index in [1.165, 1.54) is 22.0 Å². The molecule has 1 aliphatic rings. The van der Waals surface area contributed by atoms with Gasteiger partial charge in [0.05, 0.1) is 5.69 Å². The lowest BCUT2D eigenvalue weighted by Crippen LogP contribution is -2.47. The third-order valence-electron chi connectivity index (χ3n) is 5.57. The molecule has 1 fully saturated rings. The first-order valence-electron chi connectivity index (χ1n) is 10.1. The first kappa shape index (κ1) is 17.6. The van der Waals surface area contributed by atoms with Crippen LogP contribution in [-0.2, 0) is 6.42 Å². The lowest BCUT2D eigenvalue weighted by molar-refractivity contribution is 0.645. The molecular formula is C24H23N5. The van der Waals surface area contributed by atoms with Crippen molar-refractivity contribution < 1.29 is 0 Å². The highest BCUT2D eigenvalue weighted by Crippen LogP contribution is 2.28. The second-order valence-electron chi connectivity index (χ2n) is 7.36. The Hall–Kier alpha value is -3.47. The van der Waals surface area contributed by atoms with Gasteiger partial charge in [0.2, 0.25) is 0 Å². The SMILES string of the molecule is c1ccc(Cc2nnc(N3CCN(c4ccncc4)CC3)c3ccccc23)cc1. The fourth-order valence-corrected chi connectivity index (χ4v) is 4.03. The molecular weight excluding hydrogens is 358 g/mol. The van der Waals surface area contributed by atoms with Crippen molar-refractivity contribution in [1.29, 1.82) is 0 Å². The second kappa shape index (κ2) is 7.87. The van der Waals surface area contributed by atoms with Crippen LogP contribution in [0.3, 0.4) is 0 Å². The van der Waals surface area contributed by atoms with Crippen molar-refractivity contribution in [2.24, 2.45) is 0 Å². The van der Waals surface area contributed by atoms with Crippen LogP contribution >= 0.6 is 0 Å². The predicted molar refractivity (Wildman–Crippen MR) is 117 cm³/mol. The molecule has 5 nitrogen and oxygen atoms in total. The number of aromatic nitrogens is 3. The van der Waals surface area contributed by atoms with Crippen molar-refractivity contribution in [3.8, 4) is 0 Å². The van der Waals surface area contributed by atoms with Crippen LogP contribution in [0.2, 0.25) is 0 Å². The number of pyridine rings is 1. The minimum absolute atomic E-state index is 0.796. The summed E-state index contributed by atoms with van der Waals surface area (Å²) in [6.07, 6.45) is 4.50. The summed E-state index contributed by atoms with van der Waals surface area (Å²) in [7, 11) is 0. The molecule has 0 radical (unpaired) electrons. The number of piperazine rings is 1. The molecule has 4 aromatic rings. The Bertz CT molecular complexity index is 1090. The zero-order chi connectivity index (χ0) is 19.5. The summed E-state index contributed by atoms with van der Waals surface area (Å²) in [4.78, 5) is 8.88. The van der Waals surface area contributed by atoms with E-state index in [1.807, 2.05) is 18.5 Å². The van der Waals surface area contributed by atoms with E-state index in [2.05, 4.69) is 85.6 Å². The normalized spacial score (nSPS) is 14.3. The van der Waals surface area contributed by atoms with Gasteiger partial charge in [-0.2, -0.15) is 5.10 Å². The molecule has 29 heavy (non-hydrogen) atoms. The highest BCUT2D eigenvalue weighted by molar-refractivity contribution is 5.93. The smallest absolute Gasteiger partial charge is 0.159 e. The molecule has 144 valence electrons. The van der Waals surface area contributed by atoms with Gasteiger partial charge >= 0.3 is 0 Å². The number of rotatable bonds is 4. The maximum Gasteiger partial charge on any atom is 0.159 e. The van der Waals surface area contributed by atoms with Crippen molar-refractivity contribution in [2.75, 3.05) is 36.0 Å². The van der Waals surface area contributed by atoms with Crippen molar-refractivity contribution in [3.63, 3.8) is 0 Å². The molecule has 0 saturated carbocycles. The lowest BCUT2D eigenvalue weighted by Gasteiger charge is -2.36. The van der Waals surface area contributed by atoms with Gasteiger partial charge in [0.1, 0.15) is 0 Å². The van der Waals surface area contributed by atoms with Crippen LogP contribution in [-0.4, -0.2) is 41.4 Å². The Labute approximate surface area is 170 Å². The predicted octanol–water partition coefficient (Wildman–Crippen LogP) is 3.94. The maximum atomic E-state index is 4.67. The Morgan fingerprint density at radius 1 is 0.655 bits per heavy atom. The van der Waals surface area contributed by atoms with Gasteiger partial charge in [-0.05, 0) is 17.7 Å². The molecule has 0 atom stereocenters. The van der Waals surface area contributed by atoms with E-state index in [4.69, 9.17) is 0 Å². The van der Waals surface area contributed by atoms with Crippen LogP contribution in [0.15, 0.2) is 79.1 Å². The molecule has 1 aliphatic heterocycles. The van der Waals surface area contributed by atoms with Crippen LogP contribution in [0.25, 0.3) is 10.8 Å². The number of hydrogen-bond acceptors (Lipinski definition) is 5. The molecule has 1 saturated heterocycles. The van der Waals surface area contributed by atoms with Crippen LogP contribution in [0.4, 0.5) is 11.5 Å². The highest BCUT2D eigenvalue weighted by atomic mass is 15.3. The summed E-state index contributed by atoms with van der Waals surface area (Å²) >= 11 is 0. The Kier molecular flexibility index (Phi) is 4.78. The van der Waals surface area contributed by atoms with E-state index in [0.29, 0.717) is 0 Å². The summed E-state index contributed by atoms with van der Waals surface area (Å²) in [6, 6.07) is 23.1. The number of fused-ring (bicyclic) bond motifs is 1. The molecule has 2 aromatic heterocycles. The van der Waals surface area contributed by atoms with Gasteiger partial charge in [-0.25, -0.2) is 0 Å². The van der Waals surface area contributed by atoms with Gasteiger partial charge in [-0.1, -0.05) is 54.6 Å². The second-order valence-corrected chi connectivity index (χ2v) is 7.36. The molecule has 3 heterocycles. The quantitative estimate of drug-likeness (QED) is 0.536. The molecule has 5 heteroatoms. The van der Waals surface area contributed by atoms with Gasteiger partial charge in [0, 0.05) is 61.5 Å². The third kappa shape index (κ3) is 3.63. The van der Waals surface area contributed by atoms with Gasteiger partial charge in [0.15, 0.2) is 5.82 Å². The first-order valence-corrected chi connectivity index (χ1v) is 10.1. The number of nitrogens with zero attached hydrogens (tertiary/aromatic N) is 5. The van der Waals surface area contributed by atoms with Crippen LogP contribution in [0, 0.1) is 0 Å². The number of anilines is 2. The van der Waals surface area contributed by atoms with E-state index in [9.17, 15) is 0 Å². The summed E-state index contributed by atoms with van der Waals surface area (Å²) in [5, 5.41) is 11.7. The molecule has 0 spiro atoms. The van der Waals surface area contributed by atoms with Crippen LogP contribution in [0.5, 0.6) is 0 Å². The average Bonchev–Trinajstić information content (AvgIpc) is 2.81. The maximum absolute atomic E-state index is 4.67. The van der Waals surface area contributed by atoms with Gasteiger partial charge < -0.3 is 9.80 Å². The largest absolute Gasteiger partial charge is 0.368 e. The van der Waals surface area contributed by atoms with Gasteiger partial charge in [0.25, 0.3) is 0 Å². The molecule has 5 rings (SSSR count). The van der Waals surface area contributed by atoms with E-state index in [-0.39, 0.29) is 0 Å². The zero-order valence-electron chi connectivity index (χ0n) is 16.3. The monoisotopic (exact) mass is 381 g/mol. The van der Waals surface area contributed by atoms with Crippen molar-refractivity contribution in [1.82, 2.24) is 15.2 Å². The standard InChI is InChI=1S/C24H23N5/c1-2-6-19(7-3-1)18-23-21-8-4-5-9-22(21)24(27-26-23)29-16-14-28(15-17-29)20-10-12-25-13-11-20/h1-13H,14-18H2. The average molecular weight is 381 g/mol. The summed E-state index contributed by atoms with van der Waals surface area (Å²) in [5.41, 5.74) is 3.52. The molecule has 2 aromatic carbocycles. The summed E-state index contributed by atoms with van der Waals surface area (Å²) in [6.45, 7) is 3.79. The van der Waals surface area contributed by atoms with E-state index in [0.717, 1.165) is 44.1 Å². The molecule has 0 bridgehead atoms.